The van der Waals surface area contributed by atoms with Crippen LogP contribution in [0.2, 0.25) is 0 Å². The maximum absolute atomic E-state index is 13.7. The standard InChI is InChI=1S/C25H21F2N3O6/c1-15(31)29-25(2,24(26)27)20(22(33)30-36)28-21(32)18-11-7-16(8-12-18)5-3-4-6-17-9-13-19(14-10-17)23(34)35/h7-14,20,24,36H,1-2H3,(H,28,32)(H,29,31)(H,30,33)(H,34,35). The van der Waals surface area contributed by atoms with Gasteiger partial charge < -0.3 is 15.7 Å². The summed E-state index contributed by atoms with van der Waals surface area (Å²) in [4.78, 5) is 46.9. The van der Waals surface area contributed by atoms with Gasteiger partial charge in [-0.3, -0.25) is 19.6 Å². The molecule has 0 heterocycles. The van der Waals surface area contributed by atoms with Gasteiger partial charge in [-0.1, -0.05) is 11.8 Å². The maximum atomic E-state index is 13.7. The molecule has 186 valence electrons. The average Bonchev–Trinajstić information content (AvgIpc) is 2.84. The number of hydrogen-bond acceptors (Lipinski definition) is 5. The number of carboxylic acids is 1. The van der Waals surface area contributed by atoms with E-state index in [2.05, 4.69) is 29.0 Å². The third-order valence-electron chi connectivity index (χ3n) is 4.90. The lowest BCUT2D eigenvalue weighted by Crippen LogP contribution is -2.68. The Morgan fingerprint density at radius 1 is 0.889 bits per heavy atom. The third-order valence-corrected chi connectivity index (χ3v) is 4.90. The summed E-state index contributed by atoms with van der Waals surface area (Å²) < 4.78 is 27.4. The van der Waals surface area contributed by atoms with Gasteiger partial charge in [0, 0.05) is 23.6 Å². The predicted molar refractivity (Wildman–Crippen MR) is 123 cm³/mol. The van der Waals surface area contributed by atoms with Gasteiger partial charge in [0.2, 0.25) is 5.91 Å². The van der Waals surface area contributed by atoms with Crippen molar-refractivity contribution in [3.8, 4) is 23.7 Å². The molecule has 0 aromatic heterocycles. The highest BCUT2D eigenvalue weighted by Gasteiger charge is 2.48. The Bertz CT molecular complexity index is 1270. The van der Waals surface area contributed by atoms with Crippen molar-refractivity contribution in [1.29, 1.82) is 0 Å². The molecule has 36 heavy (non-hydrogen) atoms. The molecular formula is C25H21F2N3O6. The van der Waals surface area contributed by atoms with Crippen molar-refractivity contribution in [3.05, 3.63) is 70.8 Å². The molecule has 9 nitrogen and oxygen atoms in total. The summed E-state index contributed by atoms with van der Waals surface area (Å²) >= 11 is 0. The molecule has 0 saturated carbocycles. The van der Waals surface area contributed by atoms with Crippen molar-refractivity contribution in [2.75, 3.05) is 0 Å². The fourth-order valence-corrected chi connectivity index (χ4v) is 3.01. The Morgan fingerprint density at radius 2 is 1.36 bits per heavy atom. The maximum Gasteiger partial charge on any atom is 0.335 e. The van der Waals surface area contributed by atoms with Crippen molar-refractivity contribution >= 4 is 23.7 Å². The largest absolute Gasteiger partial charge is 0.478 e. The number of amides is 3. The van der Waals surface area contributed by atoms with Gasteiger partial charge in [0.15, 0.2) is 0 Å². The van der Waals surface area contributed by atoms with Crippen LogP contribution in [0.1, 0.15) is 45.7 Å². The van der Waals surface area contributed by atoms with E-state index in [9.17, 15) is 28.0 Å². The van der Waals surface area contributed by atoms with Crippen molar-refractivity contribution in [1.82, 2.24) is 16.1 Å². The summed E-state index contributed by atoms with van der Waals surface area (Å²) in [6, 6.07) is 9.52. The van der Waals surface area contributed by atoms with Gasteiger partial charge in [-0.2, -0.15) is 0 Å². The van der Waals surface area contributed by atoms with E-state index in [0.717, 1.165) is 13.8 Å². The second-order valence-corrected chi connectivity index (χ2v) is 7.61. The minimum atomic E-state index is -3.27. The van der Waals surface area contributed by atoms with Gasteiger partial charge in [0.05, 0.1) is 5.56 Å². The molecule has 2 aromatic rings. The summed E-state index contributed by atoms with van der Waals surface area (Å²) in [6.07, 6.45) is -3.27. The first-order chi connectivity index (χ1) is 17.0. The number of benzene rings is 2. The number of nitrogens with one attached hydrogen (secondary N) is 3. The second-order valence-electron chi connectivity index (χ2n) is 7.61. The van der Waals surface area contributed by atoms with E-state index in [0.29, 0.717) is 11.1 Å². The minimum Gasteiger partial charge on any atom is -0.478 e. The van der Waals surface area contributed by atoms with E-state index in [1.165, 1.54) is 41.9 Å². The molecule has 0 radical (unpaired) electrons. The fourth-order valence-electron chi connectivity index (χ4n) is 3.01. The number of aromatic carboxylic acids is 1. The summed E-state index contributed by atoms with van der Waals surface area (Å²) in [5, 5.41) is 21.9. The molecule has 2 unspecified atom stereocenters. The SMILES string of the molecule is CC(=O)NC(C)(C(F)F)C(NC(=O)c1ccc(C#CC#Cc2ccc(C(=O)O)cc2)cc1)C(=O)NO. The summed E-state index contributed by atoms with van der Waals surface area (Å²) in [6.45, 7) is 1.83. The molecule has 2 aromatic carbocycles. The topological polar surface area (TPSA) is 145 Å². The number of halogens is 2. The lowest BCUT2D eigenvalue weighted by Gasteiger charge is -2.36. The van der Waals surface area contributed by atoms with E-state index >= 15 is 0 Å². The normalized spacial score (nSPS) is 12.5. The monoisotopic (exact) mass is 497 g/mol. The second kappa shape index (κ2) is 12.1. The van der Waals surface area contributed by atoms with Crippen LogP contribution in [0, 0.1) is 23.7 Å². The van der Waals surface area contributed by atoms with Crippen LogP contribution < -0.4 is 16.1 Å². The van der Waals surface area contributed by atoms with Gasteiger partial charge in [-0.05, 0) is 67.3 Å². The zero-order chi connectivity index (χ0) is 26.9. The smallest absolute Gasteiger partial charge is 0.335 e. The zero-order valence-corrected chi connectivity index (χ0v) is 19.1. The molecule has 2 atom stereocenters. The highest BCUT2D eigenvalue weighted by Crippen LogP contribution is 2.21. The first-order valence-electron chi connectivity index (χ1n) is 10.2. The van der Waals surface area contributed by atoms with Crippen molar-refractivity contribution in [3.63, 3.8) is 0 Å². The quantitative estimate of drug-likeness (QED) is 0.223. The van der Waals surface area contributed by atoms with Gasteiger partial charge in [0.25, 0.3) is 18.2 Å². The van der Waals surface area contributed by atoms with Gasteiger partial charge >= 0.3 is 5.97 Å². The van der Waals surface area contributed by atoms with Crippen LogP contribution in [0.5, 0.6) is 0 Å². The number of carbonyl (C=O) groups is 4. The lowest BCUT2D eigenvalue weighted by atomic mass is 9.91. The van der Waals surface area contributed by atoms with Crippen molar-refractivity contribution in [2.45, 2.75) is 31.9 Å². The number of carbonyl (C=O) groups excluding carboxylic acids is 3. The van der Waals surface area contributed by atoms with Crippen LogP contribution in [-0.2, 0) is 9.59 Å². The Hall–Kier alpha value is -4.74. The lowest BCUT2D eigenvalue weighted by molar-refractivity contribution is -0.137. The first-order valence-corrected chi connectivity index (χ1v) is 10.2. The molecule has 0 spiro atoms. The molecule has 0 fully saturated rings. The van der Waals surface area contributed by atoms with Gasteiger partial charge in [-0.15, -0.1) is 0 Å². The number of hydroxylamine groups is 1. The van der Waals surface area contributed by atoms with Crippen LogP contribution >= 0.6 is 0 Å². The Kier molecular flexibility index (Phi) is 9.25. The van der Waals surface area contributed by atoms with E-state index in [1.54, 1.807) is 12.1 Å². The highest BCUT2D eigenvalue weighted by molar-refractivity contribution is 5.98. The molecule has 11 heteroatoms. The van der Waals surface area contributed by atoms with Gasteiger partial charge in [-0.25, -0.2) is 19.1 Å². The number of alkyl halides is 2. The molecular weight excluding hydrogens is 476 g/mol. The van der Waals surface area contributed by atoms with Crippen molar-refractivity contribution < 1.29 is 38.3 Å². The molecule has 2 rings (SSSR count). The zero-order valence-electron chi connectivity index (χ0n) is 19.1. The van der Waals surface area contributed by atoms with Gasteiger partial charge in [0.1, 0.15) is 11.6 Å². The van der Waals surface area contributed by atoms with Crippen LogP contribution in [0.25, 0.3) is 0 Å². The number of hydrogen-bond donors (Lipinski definition) is 5. The fraction of sp³-hybridized carbons (Fsp3) is 0.200. The van der Waals surface area contributed by atoms with Crippen LogP contribution in [0.3, 0.4) is 0 Å². The molecule has 5 N–H and O–H groups in total. The first kappa shape index (κ1) is 27.5. The minimum absolute atomic E-state index is 0.000311. The third kappa shape index (κ3) is 7.13. The summed E-state index contributed by atoms with van der Waals surface area (Å²) in [5.74, 6) is 6.55. The summed E-state index contributed by atoms with van der Waals surface area (Å²) in [5.41, 5.74) is -0.116. The molecule has 0 saturated heterocycles. The average molecular weight is 497 g/mol. The van der Waals surface area contributed by atoms with Crippen LogP contribution in [0.4, 0.5) is 8.78 Å². The summed E-state index contributed by atoms with van der Waals surface area (Å²) in [7, 11) is 0. The van der Waals surface area contributed by atoms with E-state index < -0.39 is 41.7 Å². The Labute approximate surface area is 204 Å². The van der Waals surface area contributed by atoms with Crippen LogP contribution in [-0.4, -0.2) is 52.0 Å². The predicted octanol–water partition coefficient (Wildman–Crippen LogP) is 1.55. The highest BCUT2D eigenvalue weighted by atomic mass is 19.3. The van der Waals surface area contributed by atoms with E-state index in [4.69, 9.17) is 10.3 Å². The van der Waals surface area contributed by atoms with Crippen molar-refractivity contribution in [2.24, 2.45) is 0 Å². The molecule has 0 aliphatic heterocycles. The molecule has 0 aliphatic rings. The molecule has 3 amide bonds. The Morgan fingerprint density at radius 3 is 1.75 bits per heavy atom. The van der Waals surface area contributed by atoms with E-state index in [1.807, 2.05) is 5.32 Å². The number of rotatable bonds is 7. The van der Waals surface area contributed by atoms with Crippen LogP contribution in [0.15, 0.2) is 48.5 Å². The molecule has 0 aliphatic carbocycles. The Balaban J connectivity index is 2.15. The molecule has 0 bridgehead atoms. The van der Waals surface area contributed by atoms with E-state index in [-0.39, 0.29) is 11.1 Å². The number of carboxylic acid groups (broad SMARTS) is 1.